The minimum atomic E-state index is -1.11. The maximum absolute atomic E-state index is 11.0. The van der Waals surface area contributed by atoms with Crippen LogP contribution in [0.3, 0.4) is 0 Å². The first-order valence-electron chi connectivity index (χ1n) is 3.53. The number of rotatable bonds is 3. The average molecular weight is 180 g/mol. The molecule has 13 heavy (non-hydrogen) atoms. The molecule has 0 aromatic carbocycles. The van der Waals surface area contributed by atoms with Crippen molar-refractivity contribution in [1.29, 1.82) is 0 Å². The Morgan fingerprint density at radius 3 is 2.92 bits per heavy atom. The zero-order chi connectivity index (χ0) is 9.84. The third kappa shape index (κ3) is 2.26. The van der Waals surface area contributed by atoms with Gasteiger partial charge in [-0.1, -0.05) is 6.58 Å². The largest absolute Gasteiger partial charge is 0.478 e. The van der Waals surface area contributed by atoms with Crippen molar-refractivity contribution in [3.8, 4) is 0 Å². The lowest BCUT2D eigenvalue weighted by Gasteiger charge is -2.02. The first-order chi connectivity index (χ1) is 6.11. The van der Waals surface area contributed by atoms with Crippen molar-refractivity contribution < 1.29 is 9.90 Å². The van der Waals surface area contributed by atoms with Crippen molar-refractivity contribution in [3.05, 3.63) is 41.1 Å². The molecule has 0 atom stereocenters. The molecule has 0 saturated heterocycles. The van der Waals surface area contributed by atoms with Crippen molar-refractivity contribution in [2.75, 3.05) is 0 Å². The molecular weight excluding hydrogens is 172 g/mol. The lowest BCUT2D eigenvalue weighted by molar-refractivity contribution is -0.132. The topological polar surface area (TPSA) is 72.2 Å². The molecule has 0 radical (unpaired) electrons. The zero-order valence-electron chi connectivity index (χ0n) is 6.80. The van der Waals surface area contributed by atoms with Gasteiger partial charge in [0.05, 0.1) is 12.7 Å². The van der Waals surface area contributed by atoms with E-state index in [2.05, 4.69) is 11.6 Å². The van der Waals surface area contributed by atoms with Crippen LogP contribution in [0.1, 0.15) is 0 Å². The summed E-state index contributed by atoms with van der Waals surface area (Å²) in [6, 6.07) is 0. The molecule has 0 bridgehead atoms. The van der Waals surface area contributed by atoms with E-state index in [0.29, 0.717) is 0 Å². The summed E-state index contributed by atoms with van der Waals surface area (Å²) in [5.41, 5.74) is -0.377. The van der Waals surface area contributed by atoms with Crippen LogP contribution >= 0.6 is 0 Å². The Bertz CT molecular complexity index is 394. The minimum Gasteiger partial charge on any atom is -0.478 e. The second-order valence-corrected chi connectivity index (χ2v) is 2.45. The van der Waals surface area contributed by atoms with E-state index in [4.69, 9.17) is 5.11 Å². The predicted molar refractivity (Wildman–Crippen MR) is 45.3 cm³/mol. The van der Waals surface area contributed by atoms with Gasteiger partial charge in [-0.25, -0.2) is 4.79 Å². The molecule has 0 unspecified atom stereocenters. The highest BCUT2D eigenvalue weighted by Crippen LogP contribution is 1.93. The van der Waals surface area contributed by atoms with Crippen LogP contribution in [0.5, 0.6) is 0 Å². The van der Waals surface area contributed by atoms with Gasteiger partial charge in [0.2, 0.25) is 0 Å². The Morgan fingerprint density at radius 2 is 2.38 bits per heavy atom. The molecule has 0 spiro atoms. The van der Waals surface area contributed by atoms with E-state index in [1.54, 1.807) is 0 Å². The number of aliphatic carboxylic acids is 1. The van der Waals surface area contributed by atoms with Crippen molar-refractivity contribution in [2.24, 2.45) is 0 Å². The fourth-order valence-corrected chi connectivity index (χ4v) is 0.777. The van der Waals surface area contributed by atoms with Crippen molar-refractivity contribution in [1.82, 2.24) is 9.55 Å². The normalized spacial score (nSPS) is 9.54. The third-order valence-electron chi connectivity index (χ3n) is 1.46. The Morgan fingerprint density at radius 1 is 1.69 bits per heavy atom. The third-order valence-corrected chi connectivity index (χ3v) is 1.46. The van der Waals surface area contributed by atoms with E-state index >= 15 is 0 Å². The Kier molecular flexibility index (Phi) is 2.59. The van der Waals surface area contributed by atoms with E-state index < -0.39 is 5.97 Å². The summed E-state index contributed by atoms with van der Waals surface area (Å²) in [6.45, 7) is 3.29. The van der Waals surface area contributed by atoms with Gasteiger partial charge in [-0.15, -0.1) is 0 Å². The van der Waals surface area contributed by atoms with Gasteiger partial charge in [0, 0.05) is 18.0 Å². The molecule has 0 aliphatic carbocycles. The van der Waals surface area contributed by atoms with Gasteiger partial charge in [0.15, 0.2) is 0 Å². The van der Waals surface area contributed by atoms with E-state index in [0.717, 1.165) is 6.20 Å². The van der Waals surface area contributed by atoms with Crippen LogP contribution in [0, 0.1) is 0 Å². The summed E-state index contributed by atoms with van der Waals surface area (Å²) >= 11 is 0. The fraction of sp³-hybridized carbons (Fsp3) is 0.125. The average Bonchev–Trinajstić information content (AvgIpc) is 2.08. The van der Waals surface area contributed by atoms with Crippen LogP contribution in [0.15, 0.2) is 35.5 Å². The van der Waals surface area contributed by atoms with Gasteiger partial charge in [-0.2, -0.15) is 0 Å². The number of aromatic nitrogens is 2. The summed E-state index contributed by atoms with van der Waals surface area (Å²) < 4.78 is 1.23. The second kappa shape index (κ2) is 3.66. The molecule has 5 heteroatoms. The second-order valence-electron chi connectivity index (χ2n) is 2.45. The van der Waals surface area contributed by atoms with Crippen molar-refractivity contribution >= 4 is 5.97 Å². The number of nitrogens with zero attached hydrogens (tertiary/aromatic N) is 2. The van der Waals surface area contributed by atoms with Gasteiger partial charge < -0.3 is 9.67 Å². The van der Waals surface area contributed by atoms with Crippen LogP contribution in [-0.4, -0.2) is 20.6 Å². The first kappa shape index (κ1) is 9.18. The van der Waals surface area contributed by atoms with Crippen molar-refractivity contribution in [3.63, 3.8) is 0 Å². The van der Waals surface area contributed by atoms with E-state index in [1.807, 2.05) is 0 Å². The van der Waals surface area contributed by atoms with E-state index in [-0.39, 0.29) is 17.7 Å². The monoisotopic (exact) mass is 180 g/mol. The molecule has 0 saturated carbocycles. The standard InChI is InChI=1S/C8H8N2O3/c1-6(8(12)13)5-10-3-2-9-4-7(10)11/h2-4H,1,5H2,(H,12,13). The summed E-state index contributed by atoms with van der Waals surface area (Å²) in [5, 5.41) is 8.50. The van der Waals surface area contributed by atoms with Crippen LogP contribution < -0.4 is 5.56 Å². The quantitative estimate of drug-likeness (QED) is 0.658. The lowest BCUT2D eigenvalue weighted by Crippen LogP contribution is -2.21. The number of carbonyl (C=O) groups is 1. The molecule has 1 heterocycles. The van der Waals surface area contributed by atoms with Crippen molar-refractivity contribution in [2.45, 2.75) is 6.54 Å². The van der Waals surface area contributed by atoms with Gasteiger partial charge in [0.1, 0.15) is 0 Å². The summed E-state index contributed by atoms with van der Waals surface area (Å²) in [7, 11) is 0. The Labute approximate surface area is 74.0 Å². The van der Waals surface area contributed by atoms with Crippen LogP contribution in [0.25, 0.3) is 0 Å². The molecule has 1 N–H and O–H groups in total. The smallest absolute Gasteiger partial charge is 0.332 e. The van der Waals surface area contributed by atoms with Gasteiger partial charge in [0.25, 0.3) is 5.56 Å². The molecule has 5 nitrogen and oxygen atoms in total. The van der Waals surface area contributed by atoms with Crippen LogP contribution in [-0.2, 0) is 11.3 Å². The molecule has 0 aliphatic heterocycles. The van der Waals surface area contributed by atoms with E-state index in [9.17, 15) is 9.59 Å². The number of hydrogen-bond acceptors (Lipinski definition) is 3. The van der Waals surface area contributed by atoms with Gasteiger partial charge in [-0.05, 0) is 0 Å². The SMILES string of the molecule is C=C(Cn1ccncc1=O)C(=O)O. The highest BCUT2D eigenvalue weighted by atomic mass is 16.4. The molecule has 1 aromatic rings. The predicted octanol–water partition coefficient (Wildman–Crippen LogP) is -0.116. The Hall–Kier alpha value is -1.91. The molecule has 0 fully saturated rings. The summed E-state index contributed by atoms with van der Waals surface area (Å²) in [6.07, 6.45) is 3.95. The highest BCUT2D eigenvalue weighted by Gasteiger charge is 2.04. The number of hydrogen-bond donors (Lipinski definition) is 1. The molecule has 68 valence electrons. The minimum absolute atomic E-state index is 0.0172. The van der Waals surface area contributed by atoms with Crippen LogP contribution in [0.4, 0.5) is 0 Å². The maximum atomic E-state index is 11.0. The van der Waals surface area contributed by atoms with Gasteiger partial charge >= 0.3 is 5.97 Å². The summed E-state index contributed by atoms with van der Waals surface area (Å²) in [5.74, 6) is -1.11. The number of carboxylic acids is 1. The maximum Gasteiger partial charge on any atom is 0.332 e. The highest BCUT2D eigenvalue weighted by molar-refractivity contribution is 5.85. The first-order valence-corrected chi connectivity index (χ1v) is 3.53. The molecule has 0 amide bonds. The van der Waals surface area contributed by atoms with E-state index in [1.165, 1.54) is 17.0 Å². The number of carboxylic acid groups (broad SMARTS) is 1. The fourth-order valence-electron chi connectivity index (χ4n) is 0.777. The van der Waals surface area contributed by atoms with Gasteiger partial charge in [-0.3, -0.25) is 9.78 Å². The molecular formula is C8H8N2O3. The Balaban J connectivity index is 2.87. The summed E-state index contributed by atoms with van der Waals surface area (Å²) in [4.78, 5) is 25.0. The molecule has 1 rings (SSSR count). The lowest BCUT2D eigenvalue weighted by atomic mass is 10.3. The molecule has 1 aromatic heterocycles. The van der Waals surface area contributed by atoms with Crippen LogP contribution in [0.2, 0.25) is 0 Å². The molecule has 0 aliphatic rings. The zero-order valence-corrected chi connectivity index (χ0v) is 6.80.